The van der Waals surface area contributed by atoms with Gasteiger partial charge in [0.15, 0.2) is 5.69 Å². The second-order valence-corrected chi connectivity index (χ2v) is 6.07. The molecule has 0 aliphatic carbocycles. The summed E-state index contributed by atoms with van der Waals surface area (Å²) in [4.78, 5) is 3.66. The van der Waals surface area contributed by atoms with Crippen LogP contribution >= 0.6 is 0 Å². The highest BCUT2D eigenvalue weighted by atomic mass is 32.2. The van der Waals surface area contributed by atoms with E-state index < -0.39 is 10.0 Å². The molecule has 1 heterocycles. The average molecular weight is 303 g/mol. The highest BCUT2D eigenvalue weighted by Gasteiger charge is 2.25. The van der Waals surface area contributed by atoms with Crippen molar-refractivity contribution in [2.75, 3.05) is 18.5 Å². The average Bonchev–Trinajstić information content (AvgIpc) is 2.54. The Morgan fingerprint density at radius 2 is 1.90 bits per heavy atom. The molecule has 1 aromatic carbocycles. The van der Waals surface area contributed by atoms with Crippen LogP contribution in [0.15, 0.2) is 47.5 Å². The number of sulfonamides is 1. The Bertz CT molecular complexity index is 780. The van der Waals surface area contributed by atoms with Crippen LogP contribution in [0.3, 0.4) is 0 Å². The Balaban J connectivity index is 2.45. The molecule has 0 saturated carbocycles. The van der Waals surface area contributed by atoms with Gasteiger partial charge in [-0.05, 0) is 36.4 Å². The maximum atomic E-state index is 12.6. The standard InChI is InChI=1S/C14H13N3O3S/c1-17(11-5-7-12(20-2)8-6-11)21(18,19)14-4-3-9-16-13(14)10-15/h3-9H,1-2H3. The summed E-state index contributed by atoms with van der Waals surface area (Å²) in [5, 5.41) is 8.99. The molecular formula is C14H13N3O3S. The van der Waals surface area contributed by atoms with Gasteiger partial charge < -0.3 is 4.74 Å². The van der Waals surface area contributed by atoms with Crippen LogP contribution in [0.25, 0.3) is 0 Å². The summed E-state index contributed by atoms with van der Waals surface area (Å²) in [6.45, 7) is 0. The quantitative estimate of drug-likeness (QED) is 0.859. The summed E-state index contributed by atoms with van der Waals surface area (Å²) < 4.78 is 31.3. The summed E-state index contributed by atoms with van der Waals surface area (Å²) in [7, 11) is -0.893. The van der Waals surface area contributed by atoms with Gasteiger partial charge in [-0.25, -0.2) is 13.4 Å². The molecular weight excluding hydrogens is 290 g/mol. The van der Waals surface area contributed by atoms with E-state index in [1.807, 2.05) is 0 Å². The summed E-state index contributed by atoms with van der Waals surface area (Å²) in [5.41, 5.74) is 0.335. The van der Waals surface area contributed by atoms with Crippen molar-refractivity contribution >= 4 is 15.7 Å². The van der Waals surface area contributed by atoms with E-state index in [4.69, 9.17) is 10.00 Å². The minimum Gasteiger partial charge on any atom is -0.497 e. The Morgan fingerprint density at radius 1 is 1.24 bits per heavy atom. The fourth-order valence-electron chi connectivity index (χ4n) is 1.76. The molecule has 0 spiro atoms. The lowest BCUT2D eigenvalue weighted by molar-refractivity contribution is 0.415. The van der Waals surface area contributed by atoms with E-state index in [-0.39, 0.29) is 10.6 Å². The molecule has 0 atom stereocenters. The molecule has 0 aliphatic heterocycles. The van der Waals surface area contributed by atoms with Crippen molar-refractivity contribution in [3.8, 4) is 11.8 Å². The first-order valence-electron chi connectivity index (χ1n) is 5.99. The zero-order chi connectivity index (χ0) is 15.5. The SMILES string of the molecule is COc1ccc(N(C)S(=O)(=O)c2cccnc2C#N)cc1. The minimum absolute atomic E-state index is 0.120. The third kappa shape index (κ3) is 2.80. The van der Waals surface area contributed by atoms with E-state index in [1.165, 1.54) is 32.5 Å². The maximum Gasteiger partial charge on any atom is 0.266 e. The Morgan fingerprint density at radius 3 is 2.48 bits per heavy atom. The molecule has 6 nitrogen and oxygen atoms in total. The molecule has 7 heteroatoms. The number of benzene rings is 1. The number of pyridine rings is 1. The fraction of sp³-hybridized carbons (Fsp3) is 0.143. The number of nitriles is 1. The second-order valence-electron chi connectivity index (χ2n) is 4.13. The van der Waals surface area contributed by atoms with Gasteiger partial charge in [-0.15, -0.1) is 0 Å². The predicted molar refractivity (Wildman–Crippen MR) is 77.5 cm³/mol. The van der Waals surface area contributed by atoms with Crippen molar-refractivity contribution in [1.82, 2.24) is 4.98 Å². The lowest BCUT2D eigenvalue weighted by Gasteiger charge is -2.20. The van der Waals surface area contributed by atoms with Gasteiger partial charge in [-0.3, -0.25) is 4.31 Å². The summed E-state index contributed by atoms with van der Waals surface area (Å²) in [6, 6.07) is 11.2. The molecule has 0 unspecified atom stereocenters. The van der Waals surface area contributed by atoms with Crippen LogP contribution < -0.4 is 9.04 Å². The predicted octanol–water partition coefficient (Wildman–Crippen LogP) is 1.79. The third-order valence-corrected chi connectivity index (χ3v) is 4.77. The van der Waals surface area contributed by atoms with Crippen LogP contribution in [-0.4, -0.2) is 27.6 Å². The summed E-state index contributed by atoms with van der Waals surface area (Å²) in [6.07, 6.45) is 1.38. The van der Waals surface area contributed by atoms with Crippen LogP contribution in [0.2, 0.25) is 0 Å². The molecule has 1 aromatic heterocycles. The number of rotatable bonds is 4. The molecule has 0 aliphatic rings. The number of ether oxygens (including phenoxy) is 1. The minimum atomic E-state index is -3.85. The van der Waals surface area contributed by atoms with Gasteiger partial charge in [0, 0.05) is 13.2 Å². The number of aromatic nitrogens is 1. The van der Waals surface area contributed by atoms with Gasteiger partial charge in [0.25, 0.3) is 10.0 Å². The van der Waals surface area contributed by atoms with Crippen molar-refractivity contribution in [2.24, 2.45) is 0 Å². The first-order valence-corrected chi connectivity index (χ1v) is 7.43. The van der Waals surface area contributed by atoms with Crippen molar-refractivity contribution in [3.05, 3.63) is 48.3 Å². The molecule has 2 rings (SSSR count). The largest absolute Gasteiger partial charge is 0.497 e. The molecule has 0 bridgehead atoms. The first kappa shape index (κ1) is 14.8. The van der Waals surface area contributed by atoms with Gasteiger partial charge in [0.1, 0.15) is 16.7 Å². The number of hydrogen-bond donors (Lipinski definition) is 0. The lowest BCUT2D eigenvalue weighted by Crippen LogP contribution is -2.27. The van der Waals surface area contributed by atoms with Crippen molar-refractivity contribution in [2.45, 2.75) is 4.90 Å². The number of hydrogen-bond acceptors (Lipinski definition) is 5. The molecule has 0 saturated heterocycles. The van der Waals surface area contributed by atoms with Crippen LogP contribution in [0.5, 0.6) is 5.75 Å². The number of methoxy groups -OCH3 is 1. The van der Waals surface area contributed by atoms with Gasteiger partial charge in [0.2, 0.25) is 0 Å². The number of anilines is 1. The second kappa shape index (κ2) is 5.81. The van der Waals surface area contributed by atoms with Gasteiger partial charge >= 0.3 is 0 Å². The van der Waals surface area contributed by atoms with Gasteiger partial charge in [-0.1, -0.05) is 0 Å². The molecule has 0 N–H and O–H groups in total. The fourth-order valence-corrected chi connectivity index (χ4v) is 3.05. The Kier molecular flexibility index (Phi) is 4.10. The van der Waals surface area contributed by atoms with E-state index in [0.29, 0.717) is 11.4 Å². The molecule has 2 aromatic rings. The zero-order valence-electron chi connectivity index (χ0n) is 11.5. The smallest absolute Gasteiger partial charge is 0.266 e. The zero-order valence-corrected chi connectivity index (χ0v) is 12.3. The molecule has 21 heavy (non-hydrogen) atoms. The van der Waals surface area contributed by atoms with Crippen LogP contribution in [0.4, 0.5) is 5.69 Å². The van der Waals surface area contributed by atoms with Crippen molar-refractivity contribution in [3.63, 3.8) is 0 Å². The van der Waals surface area contributed by atoms with E-state index in [0.717, 1.165) is 4.31 Å². The van der Waals surface area contributed by atoms with E-state index >= 15 is 0 Å². The van der Waals surface area contributed by atoms with E-state index in [9.17, 15) is 8.42 Å². The van der Waals surface area contributed by atoms with Crippen molar-refractivity contribution in [1.29, 1.82) is 5.26 Å². The highest BCUT2D eigenvalue weighted by Crippen LogP contribution is 2.25. The Hall–Kier alpha value is -2.59. The topological polar surface area (TPSA) is 83.3 Å². The van der Waals surface area contributed by atoms with Crippen LogP contribution in [-0.2, 0) is 10.0 Å². The summed E-state index contributed by atoms with van der Waals surface area (Å²) >= 11 is 0. The first-order chi connectivity index (χ1) is 10.0. The highest BCUT2D eigenvalue weighted by molar-refractivity contribution is 7.92. The van der Waals surface area contributed by atoms with Crippen LogP contribution in [0, 0.1) is 11.3 Å². The normalized spacial score (nSPS) is 10.7. The molecule has 108 valence electrons. The lowest BCUT2D eigenvalue weighted by atomic mass is 10.3. The molecule has 0 radical (unpaired) electrons. The molecule has 0 fully saturated rings. The maximum absolute atomic E-state index is 12.6. The third-order valence-electron chi connectivity index (χ3n) is 2.95. The van der Waals surface area contributed by atoms with Gasteiger partial charge in [-0.2, -0.15) is 5.26 Å². The van der Waals surface area contributed by atoms with E-state index in [1.54, 1.807) is 30.3 Å². The van der Waals surface area contributed by atoms with Crippen LogP contribution in [0.1, 0.15) is 5.69 Å². The molecule has 0 amide bonds. The monoisotopic (exact) mass is 303 g/mol. The van der Waals surface area contributed by atoms with Gasteiger partial charge in [0.05, 0.1) is 12.8 Å². The summed E-state index contributed by atoms with van der Waals surface area (Å²) in [5.74, 6) is 0.628. The number of nitrogens with zero attached hydrogens (tertiary/aromatic N) is 3. The van der Waals surface area contributed by atoms with E-state index in [2.05, 4.69) is 4.98 Å². The van der Waals surface area contributed by atoms with Crippen molar-refractivity contribution < 1.29 is 13.2 Å². The Labute approximate surface area is 123 Å².